The molecule has 2 heteroatoms. The van der Waals surface area contributed by atoms with Crippen molar-refractivity contribution in [2.24, 2.45) is 0 Å². The van der Waals surface area contributed by atoms with E-state index < -0.39 is 0 Å². The largest absolute Gasteiger partial charge is 0.486 e. The van der Waals surface area contributed by atoms with E-state index in [0.29, 0.717) is 0 Å². The summed E-state index contributed by atoms with van der Waals surface area (Å²) in [6.07, 6.45) is 0. The lowest BCUT2D eigenvalue weighted by Gasteiger charge is -2.27. The fourth-order valence-electron chi connectivity index (χ4n) is 3.65. The van der Waals surface area contributed by atoms with Gasteiger partial charge in [-0.3, -0.25) is 0 Å². The van der Waals surface area contributed by atoms with Crippen molar-refractivity contribution < 1.29 is 4.74 Å². The fraction of sp³-hybridized carbons (Fsp3) is 0.400. The molecule has 0 fully saturated rings. The highest BCUT2D eigenvalue weighted by Crippen LogP contribution is 2.53. The minimum absolute atomic E-state index is 0.213. The maximum Gasteiger partial charge on any atom is 0.127 e. The quantitative estimate of drug-likeness (QED) is 0.767. The minimum atomic E-state index is -0.270. The molecular formula is C20H25NO. The zero-order chi connectivity index (χ0) is 16.2. The van der Waals surface area contributed by atoms with Crippen molar-refractivity contribution in [1.29, 1.82) is 0 Å². The highest BCUT2D eigenvalue weighted by molar-refractivity contribution is 5.69. The van der Waals surface area contributed by atoms with Gasteiger partial charge in [-0.15, -0.1) is 0 Å². The highest BCUT2D eigenvalue weighted by Gasteiger charge is 2.44. The Morgan fingerprint density at radius 2 is 1.50 bits per heavy atom. The van der Waals surface area contributed by atoms with Crippen molar-refractivity contribution in [3.63, 3.8) is 0 Å². The van der Waals surface area contributed by atoms with Gasteiger partial charge in [-0.25, -0.2) is 0 Å². The van der Waals surface area contributed by atoms with Crippen LogP contribution in [-0.2, 0) is 0 Å². The molecule has 1 aliphatic heterocycles. The Kier molecular flexibility index (Phi) is 3.24. The molecule has 2 aromatic carbocycles. The second-order valence-corrected chi connectivity index (χ2v) is 7.08. The van der Waals surface area contributed by atoms with Crippen LogP contribution in [0, 0.1) is 27.7 Å². The maximum atomic E-state index is 6.38. The number of aryl methyl sites for hydroxylation is 1. The number of rotatable bonds is 1. The first-order chi connectivity index (χ1) is 10.2. The van der Waals surface area contributed by atoms with E-state index in [-0.39, 0.29) is 11.5 Å². The summed E-state index contributed by atoms with van der Waals surface area (Å²) in [5.41, 5.74) is 14.3. The van der Waals surface area contributed by atoms with Crippen molar-refractivity contribution >= 4 is 5.69 Å². The standard InChI is InChI=1S/C20H25NO/c1-11-7-9-15(10-8-11)17-16-14(4)18(21)12(2)13(3)19(16)22-20(17,5)6/h7-10,17H,21H2,1-6H3/t17-/m1/s1. The van der Waals surface area contributed by atoms with E-state index in [2.05, 4.69) is 65.8 Å². The summed E-state index contributed by atoms with van der Waals surface area (Å²) in [5.74, 6) is 1.24. The second kappa shape index (κ2) is 4.77. The van der Waals surface area contributed by atoms with Crippen LogP contribution < -0.4 is 10.5 Å². The molecule has 0 unspecified atom stereocenters. The van der Waals surface area contributed by atoms with Crippen LogP contribution in [0.1, 0.15) is 53.1 Å². The van der Waals surface area contributed by atoms with E-state index in [1.807, 2.05) is 0 Å². The summed E-state index contributed by atoms with van der Waals surface area (Å²) < 4.78 is 6.38. The molecule has 2 nitrogen and oxygen atoms in total. The molecule has 116 valence electrons. The first-order valence-electron chi connectivity index (χ1n) is 7.88. The zero-order valence-corrected chi connectivity index (χ0v) is 14.4. The van der Waals surface area contributed by atoms with Crippen LogP contribution in [0.2, 0.25) is 0 Å². The summed E-state index contributed by atoms with van der Waals surface area (Å²) in [7, 11) is 0. The molecule has 0 saturated heterocycles. The van der Waals surface area contributed by atoms with Crippen molar-refractivity contribution in [3.8, 4) is 5.75 Å². The van der Waals surface area contributed by atoms with E-state index in [1.54, 1.807) is 0 Å². The monoisotopic (exact) mass is 295 g/mol. The van der Waals surface area contributed by atoms with Gasteiger partial charge in [-0.1, -0.05) is 29.8 Å². The van der Waals surface area contributed by atoms with E-state index in [9.17, 15) is 0 Å². The van der Waals surface area contributed by atoms with Crippen LogP contribution in [0.4, 0.5) is 5.69 Å². The summed E-state index contributed by atoms with van der Waals surface area (Å²) in [6, 6.07) is 8.77. The Balaban J connectivity index is 2.28. The number of hydrogen-bond acceptors (Lipinski definition) is 2. The SMILES string of the molecule is Cc1ccc([C@@H]2c3c(C)c(N)c(C)c(C)c3OC2(C)C)cc1. The average molecular weight is 295 g/mol. The van der Waals surface area contributed by atoms with Gasteiger partial charge in [0.1, 0.15) is 11.4 Å². The first kappa shape index (κ1) is 15.0. The average Bonchev–Trinajstić information content (AvgIpc) is 2.75. The predicted molar refractivity (Wildman–Crippen MR) is 92.8 cm³/mol. The number of nitrogen functional groups attached to an aromatic ring is 1. The van der Waals surface area contributed by atoms with Gasteiger partial charge in [0, 0.05) is 11.3 Å². The van der Waals surface area contributed by atoms with E-state index >= 15 is 0 Å². The van der Waals surface area contributed by atoms with Crippen LogP contribution >= 0.6 is 0 Å². The van der Waals surface area contributed by atoms with E-state index in [1.165, 1.54) is 22.3 Å². The Bertz CT molecular complexity index is 742. The number of anilines is 1. The number of fused-ring (bicyclic) bond motifs is 1. The fourth-order valence-corrected chi connectivity index (χ4v) is 3.65. The predicted octanol–water partition coefficient (Wildman–Crippen LogP) is 4.81. The van der Waals surface area contributed by atoms with Crippen LogP contribution in [0.3, 0.4) is 0 Å². The third-order valence-electron chi connectivity index (χ3n) is 5.12. The Morgan fingerprint density at radius 3 is 2.09 bits per heavy atom. The van der Waals surface area contributed by atoms with Crippen LogP contribution in [0.25, 0.3) is 0 Å². The lowest BCUT2D eigenvalue weighted by Crippen LogP contribution is -2.31. The van der Waals surface area contributed by atoms with Gasteiger partial charge in [-0.05, 0) is 63.8 Å². The van der Waals surface area contributed by atoms with Crippen LogP contribution in [0.5, 0.6) is 5.75 Å². The van der Waals surface area contributed by atoms with E-state index in [0.717, 1.165) is 22.6 Å². The van der Waals surface area contributed by atoms with Gasteiger partial charge in [-0.2, -0.15) is 0 Å². The Hall–Kier alpha value is -1.96. The van der Waals surface area contributed by atoms with Crippen LogP contribution in [-0.4, -0.2) is 5.60 Å². The minimum Gasteiger partial charge on any atom is -0.486 e. The zero-order valence-electron chi connectivity index (χ0n) is 14.4. The highest BCUT2D eigenvalue weighted by atomic mass is 16.5. The molecule has 0 saturated carbocycles. The van der Waals surface area contributed by atoms with Gasteiger partial charge in [0.15, 0.2) is 0 Å². The van der Waals surface area contributed by atoms with Crippen molar-refractivity contribution in [1.82, 2.24) is 0 Å². The Morgan fingerprint density at radius 1 is 0.909 bits per heavy atom. The molecular weight excluding hydrogens is 270 g/mol. The van der Waals surface area contributed by atoms with Crippen LogP contribution in [0.15, 0.2) is 24.3 Å². The molecule has 2 aromatic rings. The molecule has 0 aliphatic carbocycles. The maximum absolute atomic E-state index is 6.38. The molecule has 0 spiro atoms. The summed E-state index contributed by atoms with van der Waals surface area (Å²) >= 11 is 0. The van der Waals surface area contributed by atoms with Gasteiger partial charge >= 0.3 is 0 Å². The molecule has 1 atom stereocenters. The first-order valence-corrected chi connectivity index (χ1v) is 7.88. The second-order valence-electron chi connectivity index (χ2n) is 7.08. The lowest BCUT2D eigenvalue weighted by atomic mass is 9.78. The molecule has 1 aliphatic rings. The van der Waals surface area contributed by atoms with E-state index in [4.69, 9.17) is 10.5 Å². The third-order valence-corrected chi connectivity index (χ3v) is 5.12. The van der Waals surface area contributed by atoms with Crippen molar-refractivity contribution in [3.05, 3.63) is 57.6 Å². The molecule has 22 heavy (non-hydrogen) atoms. The smallest absolute Gasteiger partial charge is 0.127 e. The summed E-state index contributed by atoms with van der Waals surface area (Å²) in [5, 5.41) is 0. The molecule has 0 radical (unpaired) electrons. The molecule has 2 N–H and O–H groups in total. The summed E-state index contributed by atoms with van der Waals surface area (Å²) in [4.78, 5) is 0. The molecule has 0 aromatic heterocycles. The topological polar surface area (TPSA) is 35.2 Å². The summed E-state index contributed by atoms with van der Waals surface area (Å²) in [6.45, 7) is 12.8. The number of nitrogens with two attached hydrogens (primary N) is 1. The third kappa shape index (κ3) is 2.01. The number of benzene rings is 2. The van der Waals surface area contributed by atoms with Gasteiger partial charge in [0.25, 0.3) is 0 Å². The number of hydrogen-bond donors (Lipinski definition) is 1. The molecule has 0 amide bonds. The van der Waals surface area contributed by atoms with Gasteiger partial charge in [0.2, 0.25) is 0 Å². The Labute approximate surface area is 133 Å². The lowest BCUT2D eigenvalue weighted by molar-refractivity contribution is 0.121. The van der Waals surface area contributed by atoms with Crippen molar-refractivity contribution in [2.75, 3.05) is 5.73 Å². The number of ether oxygens (including phenoxy) is 1. The van der Waals surface area contributed by atoms with Crippen molar-refractivity contribution in [2.45, 2.75) is 53.1 Å². The molecule has 1 heterocycles. The molecule has 0 bridgehead atoms. The van der Waals surface area contributed by atoms with Gasteiger partial charge < -0.3 is 10.5 Å². The molecule has 3 rings (SSSR count). The van der Waals surface area contributed by atoms with Gasteiger partial charge in [0.05, 0.1) is 5.92 Å². The normalized spacial score (nSPS) is 18.9.